The van der Waals surface area contributed by atoms with Gasteiger partial charge in [-0.2, -0.15) is 0 Å². The SMILES string of the molecule is Cc1cccc(C(C)NCC(C)CCO)c1C. The smallest absolute Gasteiger partial charge is 0.0434 e. The van der Waals surface area contributed by atoms with Gasteiger partial charge in [0.05, 0.1) is 0 Å². The summed E-state index contributed by atoms with van der Waals surface area (Å²) in [6, 6.07) is 6.83. The van der Waals surface area contributed by atoms with E-state index in [4.69, 9.17) is 5.11 Å². The van der Waals surface area contributed by atoms with Crippen LogP contribution in [0.4, 0.5) is 0 Å². The fraction of sp³-hybridized carbons (Fsp3) is 0.600. The highest BCUT2D eigenvalue weighted by Crippen LogP contribution is 2.20. The van der Waals surface area contributed by atoms with E-state index < -0.39 is 0 Å². The first-order valence-corrected chi connectivity index (χ1v) is 6.46. The molecule has 0 saturated carbocycles. The number of hydrogen-bond donors (Lipinski definition) is 2. The summed E-state index contributed by atoms with van der Waals surface area (Å²) in [4.78, 5) is 0. The third kappa shape index (κ3) is 4.14. The van der Waals surface area contributed by atoms with Gasteiger partial charge in [-0.25, -0.2) is 0 Å². The zero-order chi connectivity index (χ0) is 12.8. The molecule has 0 fully saturated rings. The molecule has 0 spiro atoms. The number of aliphatic hydroxyl groups is 1. The van der Waals surface area contributed by atoms with Crippen molar-refractivity contribution in [1.29, 1.82) is 0 Å². The minimum atomic E-state index is 0.278. The first kappa shape index (κ1) is 14.2. The molecule has 2 atom stereocenters. The third-order valence-electron chi connectivity index (χ3n) is 3.51. The summed E-state index contributed by atoms with van der Waals surface area (Å²) in [6.07, 6.45) is 0.868. The van der Waals surface area contributed by atoms with Crippen molar-refractivity contribution >= 4 is 0 Å². The molecule has 2 unspecified atom stereocenters. The van der Waals surface area contributed by atoms with Gasteiger partial charge >= 0.3 is 0 Å². The average molecular weight is 235 g/mol. The highest BCUT2D eigenvalue weighted by molar-refractivity contribution is 5.34. The number of aryl methyl sites for hydroxylation is 1. The van der Waals surface area contributed by atoms with Crippen LogP contribution in [0, 0.1) is 19.8 Å². The Morgan fingerprint density at radius 3 is 2.59 bits per heavy atom. The zero-order valence-corrected chi connectivity index (χ0v) is 11.5. The van der Waals surface area contributed by atoms with E-state index in [-0.39, 0.29) is 6.61 Å². The molecule has 0 bridgehead atoms. The molecule has 1 rings (SSSR count). The van der Waals surface area contributed by atoms with E-state index in [0.29, 0.717) is 12.0 Å². The molecule has 2 N–H and O–H groups in total. The molecule has 0 aromatic heterocycles. The van der Waals surface area contributed by atoms with Crippen LogP contribution in [0.15, 0.2) is 18.2 Å². The molecular formula is C15H25NO. The van der Waals surface area contributed by atoms with Gasteiger partial charge < -0.3 is 10.4 Å². The number of hydrogen-bond acceptors (Lipinski definition) is 2. The number of nitrogens with one attached hydrogen (secondary N) is 1. The van der Waals surface area contributed by atoms with Gasteiger partial charge in [-0.15, -0.1) is 0 Å². The van der Waals surface area contributed by atoms with Crippen LogP contribution in [0.3, 0.4) is 0 Å². The van der Waals surface area contributed by atoms with Crippen LogP contribution < -0.4 is 5.32 Å². The van der Waals surface area contributed by atoms with Crippen molar-refractivity contribution < 1.29 is 5.11 Å². The normalized spacial score (nSPS) is 14.6. The maximum absolute atomic E-state index is 8.87. The Hall–Kier alpha value is -0.860. The van der Waals surface area contributed by atoms with Gasteiger partial charge in [-0.3, -0.25) is 0 Å². The summed E-state index contributed by atoms with van der Waals surface area (Å²) in [5.41, 5.74) is 4.10. The summed E-state index contributed by atoms with van der Waals surface area (Å²) < 4.78 is 0. The topological polar surface area (TPSA) is 32.3 Å². The van der Waals surface area contributed by atoms with Gasteiger partial charge in [0.1, 0.15) is 0 Å². The summed E-state index contributed by atoms with van der Waals surface area (Å²) in [6.45, 7) is 9.93. The van der Waals surface area contributed by atoms with Crippen molar-refractivity contribution in [3.05, 3.63) is 34.9 Å². The Kier molecular flexibility index (Phi) is 5.66. The van der Waals surface area contributed by atoms with Gasteiger partial charge in [0.25, 0.3) is 0 Å². The van der Waals surface area contributed by atoms with E-state index in [1.54, 1.807) is 0 Å². The van der Waals surface area contributed by atoms with E-state index in [1.807, 2.05) is 0 Å². The van der Waals surface area contributed by atoms with Gasteiger partial charge in [0, 0.05) is 12.6 Å². The quantitative estimate of drug-likeness (QED) is 0.794. The van der Waals surface area contributed by atoms with Crippen LogP contribution in [0.5, 0.6) is 0 Å². The second kappa shape index (κ2) is 6.77. The van der Waals surface area contributed by atoms with Crippen molar-refractivity contribution in [2.75, 3.05) is 13.2 Å². The predicted molar refractivity (Wildman–Crippen MR) is 73.2 cm³/mol. The monoisotopic (exact) mass is 235 g/mol. The fourth-order valence-electron chi connectivity index (χ4n) is 2.05. The maximum atomic E-state index is 8.87. The Balaban J connectivity index is 2.58. The van der Waals surface area contributed by atoms with E-state index in [1.165, 1.54) is 16.7 Å². The lowest BCUT2D eigenvalue weighted by Gasteiger charge is -2.20. The standard InChI is InChI=1S/C15H25NO/c1-11(8-9-17)10-16-14(4)15-7-5-6-12(2)13(15)3/h5-7,11,14,16-17H,8-10H2,1-4H3. The molecule has 0 heterocycles. The molecule has 1 aromatic carbocycles. The summed E-state index contributed by atoms with van der Waals surface area (Å²) in [5, 5.41) is 12.4. The highest BCUT2D eigenvalue weighted by Gasteiger charge is 2.10. The Morgan fingerprint density at radius 2 is 1.94 bits per heavy atom. The molecular weight excluding hydrogens is 210 g/mol. The van der Waals surface area contributed by atoms with Crippen LogP contribution in [0.25, 0.3) is 0 Å². The van der Waals surface area contributed by atoms with Crippen LogP contribution in [0.2, 0.25) is 0 Å². The number of rotatable bonds is 6. The van der Waals surface area contributed by atoms with E-state index in [2.05, 4.69) is 51.2 Å². The van der Waals surface area contributed by atoms with Crippen molar-refractivity contribution in [2.45, 2.75) is 40.2 Å². The first-order chi connectivity index (χ1) is 8.06. The van der Waals surface area contributed by atoms with Crippen molar-refractivity contribution in [1.82, 2.24) is 5.32 Å². The Morgan fingerprint density at radius 1 is 1.24 bits per heavy atom. The summed E-state index contributed by atoms with van der Waals surface area (Å²) in [5.74, 6) is 0.521. The first-order valence-electron chi connectivity index (χ1n) is 6.46. The molecule has 0 saturated heterocycles. The van der Waals surface area contributed by atoms with E-state index in [0.717, 1.165) is 13.0 Å². The molecule has 17 heavy (non-hydrogen) atoms. The molecule has 1 aromatic rings. The second-order valence-corrected chi connectivity index (χ2v) is 5.04. The molecule has 0 aliphatic heterocycles. The van der Waals surface area contributed by atoms with Gasteiger partial charge in [-0.1, -0.05) is 25.1 Å². The van der Waals surface area contributed by atoms with Gasteiger partial charge in [0.2, 0.25) is 0 Å². The van der Waals surface area contributed by atoms with Crippen molar-refractivity contribution in [3.8, 4) is 0 Å². The Bertz CT molecular complexity index is 349. The molecule has 2 heteroatoms. The van der Waals surface area contributed by atoms with Crippen molar-refractivity contribution in [3.63, 3.8) is 0 Å². The lowest BCUT2D eigenvalue weighted by atomic mass is 9.98. The van der Waals surface area contributed by atoms with Crippen LogP contribution in [-0.2, 0) is 0 Å². The third-order valence-corrected chi connectivity index (χ3v) is 3.51. The fourth-order valence-corrected chi connectivity index (χ4v) is 2.05. The van der Waals surface area contributed by atoms with Crippen LogP contribution >= 0.6 is 0 Å². The van der Waals surface area contributed by atoms with Crippen molar-refractivity contribution in [2.24, 2.45) is 5.92 Å². The number of aliphatic hydroxyl groups excluding tert-OH is 1. The minimum Gasteiger partial charge on any atom is -0.396 e. The largest absolute Gasteiger partial charge is 0.396 e. The number of benzene rings is 1. The summed E-state index contributed by atoms with van der Waals surface area (Å²) >= 11 is 0. The van der Waals surface area contributed by atoms with Gasteiger partial charge in [-0.05, 0) is 56.3 Å². The highest BCUT2D eigenvalue weighted by atomic mass is 16.3. The molecule has 2 nitrogen and oxygen atoms in total. The lowest BCUT2D eigenvalue weighted by molar-refractivity contribution is 0.258. The molecule has 0 aliphatic carbocycles. The molecule has 0 radical (unpaired) electrons. The van der Waals surface area contributed by atoms with Crippen LogP contribution in [-0.4, -0.2) is 18.3 Å². The minimum absolute atomic E-state index is 0.278. The molecule has 0 aliphatic rings. The maximum Gasteiger partial charge on any atom is 0.0434 e. The van der Waals surface area contributed by atoms with Gasteiger partial charge in [0.15, 0.2) is 0 Å². The molecule has 96 valence electrons. The van der Waals surface area contributed by atoms with Crippen LogP contribution in [0.1, 0.15) is 43.0 Å². The lowest BCUT2D eigenvalue weighted by Crippen LogP contribution is -2.25. The second-order valence-electron chi connectivity index (χ2n) is 5.04. The zero-order valence-electron chi connectivity index (χ0n) is 11.5. The molecule has 0 amide bonds. The average Bonchev–Trinajstić information content (AvgIpc) is 2.30. The predicted octanol–water partition coefficient (Wildman–Crippen LogP) is 2.97. The summed E-state index contributed by atoms with van der Waals surface area (Å²) in [7, 11) is 0. The van der Waals surface area contributed by atoms with E-state index >= 15 is 0 Å². The van der Waals surface area contributed by atoms with E-state index in [9.17, 15) is 0 Å². The Labute approximate surface area is 105 Å².